The van der Waals surface area contributed by atoms with Crippen LogP contribution in [0.5, 0.6) is 5.75 Å². The number of rotatable bonds is 8. The summed E-state index contributed by atoms with van der Waals surface area (Å²) >= 11 is 0. The molecule has 1 atom stereocenters. The second kappa shape index (κ2) is 9.90. The predicted octanol–water partition coefficient (Wildman–Crippen LogP) is 5.36. The van der Waals surface area contributed by atoms with Gasteiger partial charge in [-0.05, 0) is 65.4 Å². The molecular weight excluding hydrogens is 370 g/mol. The van der Waals surface area contributed by atoms with Gasteiger partial charge in [0.15, 0.2) is 0 Å². The van der Waals surface area contributed by atoms with E-state index in [0.717, 1.165) is 28.9 Å². The highest BCUT2D eigenvalue weighted by molar-refractivity contribution is 6.00. The predicted molar refractivity (Wildman–Crippen MR) is 127 cm³/mol. The van der Waals surface area contributed by atoms with Crippen LogP contribution in [0, 0.1) is 5.41 Å². The van der Waals surface area contributed by atoms with Gasteiger partial charge in [-0.3, -0.25) is 0 Å². The molecule has 4 nitrogen and oxygen atoms in total. The minimum atomic E-state index is -0.0146. The third kappa shape index (κ3) is 4.97. The molecule has 0 heterocycles. The van der Waals surface area contributed by atoms with Crippen LogP contribution >= 0.6 is 0 Å². The maximum absolute atomic E-state index is 7.70. The zero-order valence-electron chi connectivity index (χ0n) is 17.6. The van der Waals surface area contributed by atoms with Crippen LogP contribution < -0.4 is 16.2 Å². The van der Waals surface area contributed by atoms with Crippen LogP contribution in [0.3, 0.4) is 0 Å². The summed E-state index contributed by atoms with van der Waals surface area (Å²) in [5, 5.41) is 7.70. The number of nitrogens with two attached hydrogens (primary N) is 2. The maximum Gasteiger partial charge on any atom is 0.119 e. The Morgan fingerprint density at radius 1 is 0.967 bits per heavy atom. The number of hydrogen-bond acceptors (Lipinski definition) is 4. The van der Waals surface area contributed by atoms with Gasteiger partial charge in [0.2, 0.25) is 0 Å². The molecule has 0 radical (unpaired) electrons. The lowest BCUT2D eigenvalue weighted by Crippen LogP contribution is -2.23. The fraction of sp³-hybridized carbons (Fsp3) is 0.192. The van der Waals surface area contributed by atoms with Gasteiger partial charge < -0.3 is 21.6 Å². The monoisotopic (exact) mass is 399 g/mol. The molecular formula is C26H29N3O. The third-order valence-corrected chi connectivity index (χ3v) is 4.96. The molecule has 3 aromatic carbocycles. The van der Waals surface area contributed by atoms with Gasteiger partial charge in [0.05, 0.1) is 0 Å². The number of hydrogen-bond donors (Lipinski definition) is 3. The molecule has 0 aliphatic carbocycles. The van der Waals surface area contributed by atoms with E-state index in [2.05, 4.69) is 43.3 Å². The maximum atomic E-state index is 7.70. The van der Waals surface area contributed by atoms with E-state index in [1.165, 1.54) is 17.4 Å². The van der Waals surface area contributed by atoms with Crippen LogP contribution in [0.4, 0.5) is 5.69 Å². The van der Waals surface area contributed by atoms with Crippen LogP contribution in [0.1, 0.15) is 42.5 Å². The van der Waals surface area contributed by atoms with Gasteiger partial charge in [-0.15, -0.1) is 0 Å². The number of anilines is 1. The van der Waals surface area contributed by atoms with Crippen LogP contribution in [0.25, 0.3) is 11.1 Å². The van der Waals surface area contributed by atoms with Crippen molar-refractivity contribution in [2.24, 2.45) is 5.73 Å². The highest BCUT2D eigenvalue weighted by atomic mass is 16.5. The topological polar surface area (TPSA) is 85.1 Å². The van der Waals surface area contributed by atoms with E-state index < -0.39 is 0 Å². The highest BCUT2D eigenvalue weighted by Crippen LogP contribution is 2.35. The summed E-state index contributed by atoms with van der Waals surface area (Å²) < 4.78 is 5.74. The van der Waals surface area contributed by atoms with E-state index in [0.29, 0.717) is 17.9 Å². The normalized spacial score (nSPS) is 12.8. The molecule has 30 heavy (non-hydrogen) atoms. The van der Waals surface area contributed by atoms with Crippen molar-refractivity contribution in [3.05, 3.63) is 95.1 Å². The standard InChI is InChI=1S/C26H29N3O/c1-3-24(19-7-5-4-6-8-19)26(21-11-14-25(29)22(15-21)16-27)20-9-12-23(13-10-20)30-17-18(2)28/h4-16,18,27H,3,17,28-29H2,1-2H3/b26-24+,27-16?. The first-order chi connectivity index (χ1) is 14.5. The molecule has 0 amide bonds. The van der Waals surface area contributed by atoms with E-state index >= 15 is 0 Å². The smallest absolute Gasteiger partial charge is 0.119 e. The number of ether oxygens (including phenoxy) is 1. The van der Waals surface area contributed by atoms with Crippen molar-refractivity contribution in [2.75, 3.05) is 12.3 Å². The zero-order valence-corrected chi connectivity index (χ0v) is 17.6. The quantitative estimate of drug-likeness (QED) is 0.271. The molecule has 0 aliphatic heterocycles. The molecule has 3 aromatic rings. The zero-order chi connectivity index (χ0) is 21.5. The molecule has 0 bridgehead atoms. The summed E-state index contributed by atoms with van der Waals surface area (Å²) in [6, 6.07) is 24.4. The average Bonchev–Trinajstić information content (AvgIpc) is 2.77. The first-order valence-corrected chi connectivity index (χ1v) is 10.2. The molecule has 1 unspecified atom stereocenters. The van der Waals surface area contributed by atoms with Crippen LogP contribution in [-0.2, 0) is 0 Å². The first kappa shape index (κ1) is 21.3. The average molecular weight is 400 g/mol. The number of benzene rings is 3. The van der Waals surface area contributed by atoms with E-state index in [-0.39, 0.29) is 6.04 Å². The SMILES string of the molecule is CC/C(=C(/c1ccc(OCC(C)N)cc1)c1ccc(N)c(C=N)c1)c1ccccc1. The van der Waals surface area contributed by atoms with E-state index in [4.69, 9.17) is 21.6 Å². The van der Waals surface area contributed by atoms with Gasteiger partial charge in [0.25, 0.3) is 0 Å². The number of nitrogens with one attached hydrogen (secondary N) is 1. The van der Waals surface area contributed by atoms with Crippen LogP contribution in [-0.4, -0.2) is 18.9 Å². The lowest BCUT2D eigenvalue weighted by Gasteiger charge is -2.18. The van der Waals surface area contributed by atoms with Gasteiger partial charge in [-0.2, -0.15) is 0 Å². The Morgan fingerprint density at radius 2 is 1.63 bits per heavy atom. The first-order valence-electron chi connectivity index (χ1n) is 10.2. The Labute approximate surface area is 178 Å². The Bertz CT molecular complexity index is 1020. The molecule has 0 saturated carbocycles. The van der Waals surface area contributed by atoms with Gasteiger partial charge in [0, 0.05) is 23.5 Å². The fourth-order valence-electron chi connectivity index (χ4n) is 3.48. The molecule has 0 saturated heterocycles. The molecule has 3 rings (SSSR count). The Kier molecular flexibility index (Phi) is 7.04. The lowest BCUT2D eigenvalue weighted by atomic mass is 9.87. The molecule has 0 aliphatic rings. The third-order valence-electron chi connectivity index (χ3n) is 4.96. The summed E-state index contributed by atoms with van der Waals surface area (Å²) in [7, 11) is 0. The van der Waals surface area contributed by atoms with Crippen molar-refractivity contribution in [1.82, 2.24) is 0 Å². The minimum Gasteiger partial charge on any atom is -0.492 e. The molecule has 5 N–H and O–H groups in total. The van der Waals surface area contributed by atoms with Gasteiger partial charge in [-0.1, -0.05) is 55.5 Å². The fourth-order valence-corrected chi connectivity index (χ4v) is 3.48. The highest BCUT2D eigenvalue weighted by Gasteiger charge is 2.14. The van der Waals surface area contributed by atoms with Crippen LogP contribution in [0.2, 0.25) is 0 Å². The lowest BCUT2D eigenvalue weighted by molar-refractivity contribution is 0.296. The number of allylic oxidation sites excluding steroid dienone is 1. The Hall–Kier alpha value is -3.37. The summed E-state index contributed by atoms with van der Waals surface area (Å²) in [6.07, 6.45) is 2.17. The summed E-state index contributed by atoms with van der Waals surface area (Å²) in [6.45, 7) is 4.56. The van der Waals surface area contributed by atoms with Crippen LogP contribution in [0.15, 0.2) is 72.8 Å². The van der Waals surface area contributed by atoms with Crippen molar-refractivity contribution in [3.8, 4) is 5.75 Å². The van der Waals surface area contributed by atoms with Crippen molar-refractivity contribution in [3.63, 3.8) is 0 Å². The molecule has 4 heteroatoms. The minimum absolute atomic E-state index is 0.0146. The summed E-state index contributed by atoms with van der Waals surface area (Å²) in [4.78, 5) is 0. The largest absolute Gasteiger partial charge is 0.492 e. The van der Waals surface area contributed by atoms with E-state index in [1.54, 1.807) is 0 Å². The summed E-state index contributed by atoms with van der Waals surface area (Å²) in [5.41, 5.74) is 18.8. The van der Waals surface area contributed by atoms with Gasteiger partial charge in [-0.25, -0.2) is 0 Å². The van der Waals surface area contributed by atoms with Crippen molar-refractivity contribution in [2.45, 2.75) is 26.3 Å². The van der Waals surface area contributed by atoms with Gasteiger partial charge >= 0.3 is 0 Å². The molecule has 0 spiro atoms. The van der Waals surface area contributed by atoms with Crippen molar-refractivity contribution >= 4 is 23.0 Å². The Balaban J connectivity index is 2.15. The van der Waals surface area contributed by atoms with Gasteiger partial charge in [0.1, 0.15) is 12.4 Å². The number of nitrogen functional groups attached to an aromatic ring is 1. The second-order valence-electron chi connectivity index (χ2n) is 7.37. The second-order valence-corrected chi connectivity index (χ2v) is 7.37. The Morgan fingerprint density at radius 3 is 2.23 bits per heavy atom. The summed E-state index contributed by atoms with van der Waals surface area (Å²) in [5.74, 6) is 0.797. The van der Waals surface area contributed by atoms with Crippen molar-refractivity contribution in [1.29, 1.82) is 5.41 Å². The van der Waals surface area contributed by atoms with E-state index in [9.17, 15) is 0 Å². The molecule has 0 aromatic heterocycles. The molecule has 0 fully saturated rings. The van der Waals surface area contributed by atoms with Crippen molar-refractivity contribution < 1.29 is 4.74 Å². The molecule has 154 valence electrons. The van der Waals surface area contributed by atoms with E-state index in [1.807, 2.05) is 43.3 Å².